The normalized spacial score (nSPS) is 12.2. The van der Waals surface area contributed by atoms with E-state index in [0.717, 1.165) is 0 Å². The van der Waals surface area contributed by atoms with Gasteiger partial charge < -0.3 is 15.7 Å². The predicted molar refractivity (Wildman–Crippen MR) is 68.9 cm³/mol. The summed E-state index contributed by atoms with van der Waals surface area (Å²) >= 11 is 0. The van der Waals surface area contributed by atoms with Gasteiger partial charge in [0, 0.05) is 6.20 Å². The molecule has 0 saturated carbocycles. The monoisotopic (exact) mass is 297 g/mol. The first-order valence-electron chi connectivity index (χ1n) is 5.69. The third kappa shape index (κ3) is 3.85. The molecule has 3 N–H and O–H groups in total. The van der Waals surface area contributed by atoms with E-state index in [0.29, 0.717) is 11.1 Å². The van der Waals surface area contributed by atoms with Crippen molar-refractivity contribution in [1.82, 2.24) is 4.98 Å². The molecule has 2 rings (SSSR count). The van der Waals surface area contributed by atoms with Crippen LogP contribution in [0, 0.1) is 0 Å². The van der Waals surface area contributed by atoms with Gasteiger partial charge in [-0.15, -0.1) is 13.2 Å². The molecule has 8 heteroatoms. The number of alkyl halides is 3. The number of amidine groups is 1. The van der Waals surface area contributed by atoms with E-state index < -0.39 is 6.36 Å². The van der Waals surface area contributed by atoms with Crippen molar-refractivity contribution in [1.29, 1.82) is 0 Å². The standard InChI is InChI=1S/C13H10F3N3O2/c14-13(15,16)21-10-3-1-2-8(6-10)9-4-5-18-11(7-9)12(17)19-20/h1-7,20H,(H2,17,19). The molecule has 0 unspecified atom stereocenters. The minimum absolute atomic E-state index is 0.195. The van der Waals surface area contributed by atoms with Gasteiger partial charge in [0.05, 0.1) is 0 Å². The summed E-state index contributed by atoms with van der Waals surface area (Å²) in [6, 6.07) is 8.54. The molecular formula is C13H10F3N3O2. The van der Waals surface area contributed by atoms with Crippen LogP contribution < -0.4 is 10.5 Å². The van der Waals surface area contributed by atoms with Crippen LogP contribution in [0.25, 0.3) is 11.1 Å². The molecule has 0 atom stereocenters. The number of rotatable bonds is 3. The molecule has 1 aromatic carbocycles. The maximum Gasteiger partial charge on any atom is 0.573 e. The minimum atomic E-state index is -4.75. The lowest BCUT2D eigenvalue weighted by molar-refractivity contribution is -0.274. The number of benzene rings is 1. The van der Waals surface area contributed by atoms with Crippen LogP contribution in [0.3, 0.4) is 0 Å². The molecule has 0 aliphatic rings. The van der Waals surface area contributed by atoms with Gasteiger partial charge in [0.1, 0.15) is 11.4 Å². The summed E-state index contributed by atoms with van der Waals surface area (Å²) in [7, 11) is 0. The third-order valence-corrected chi connectivity index (χ3v) is 2.53. The maximum absolute atomic E-state index is 12.2. The van der Waals surface area contributed by atoms with Gasteiger partial charge in [0.25, 0.3) is 0 Å². The molecular weight excluding hydrogens is 287 g/mol. The summed E-state index contributed by atoms with van der Waals surface area (Å²) in [5.74, 6) is -0.526. The second-order valence-corrected chi connectivity index (χ2v) is 3.99. The van der Waals surface area contributed by atoms with E-state index in [-0.39, 0.29) is 17.3 Å². The number of oxime groups is 1. The van der Waals surface area contributed by atoms with Gasteiger partial charge in [-0.1, -0.05) is 17.3 Å². The van der Waals surface area contributed by atoms with Crippen molar-refractivity contribution in [3.63, 3.8) is 0 Å². The number of hydrogen-bond donors (Lipinski definition) is 2. The van der Waals surface area contributed by atoms with Crippen LogP contribution in [0.2, 0.25) is 0 Å². The Kier molecular flexibility index (Phi) is 3.97. The largest absolute Gasteiger partial charge is 0.573 e. The Bertz CT molecular complexity index is 672. The zero-order valence-corrected chi connectivity index (χ0v) is 10.5. The number of halogens is 3. The van der Waals surface area contributed by atoms with E-state index in [4.69, 9.17) is 10.9 Å². The highest BCUT2D eigenvalue weighted by atomic mass is 19.4. The van der Waals surface area contributed by atoms with Crippen molar-refractivity contribution in [2.75, 3.05) is 0 Å². The zero-order valence-electron chi connectivity index (χ0n) is 10.5. The molecule has 0 saturated heterocycles. The first-order chi connectivity index (χ1) is 9.89. The summed E-state index contributed by atoms with van der Waals surface area (Å²) in [5.41, 5.74) is 6.66. The molecule has 1 aromatic heterocycles. The Balaban J connectivity index is 2.36. The van der Waals surface area contributed by atoms with Crippen molar-refractivity contribution >= 4 is 5.84 Å². The first kappa shape index (κ1) is 14.6. The molecule has 0 fully saturated rings. The van der Waals surface area contributed by atoms with Gasteiger partial charge in [-0.05, 0) is 35.4 Å². The molecule has 0 bridgehead atoms. The number of hydrogen-bond acceptors (Lipinski definition) is 4. The average Bonchev–Trinajstić information content (AvgIpc) is 2.45. The van der Waals surface area contributed by atoms with Crippen molar-refractivity contribution in [3.8, 4) is 16.9 Å². The van der Waals surface area contributed by atoms with E-state index >= 15 is 0 Å². The summed E-state index contributed by atoms with van der Waals surface area (Å²) in [6.07, 6.45) is -3.35. The lowest BCUT2D eigenvalue weighted by atomic mass is 10.1. The van der Waals surface area contributed by atoms with Gasteiger partial charge in [-0.2, -0.15) is 0 Å². The molecule has 0 aliphatic heterocycles. The minimum Gasteiger partial charge on any atom is -0.409 e. The molecule has 0 aliphatic carbocycles. The SMILES string of the molecule is NC(=NO)c1cc(-c2cccc(OC(F)(F)F)c2)ccn1. The topological polar surface area (TPSA) is 80.7 Å². The number of pyridine rings is 1. The van der Waals surface area contributed by atoms with Crippen LogP contribution in [-0.2, 0) is 0 Å². The highest BCUT2D eigenvalue weighted by molar-refractivity contribution is 5.96. The zero-order chi connectivity index (χ0) is 15.5. The molecule has 21 heavy (non-hydrogen) atoms. The van der Waals surface area contributed by atoms with Gasteiger partial charge in [-0.3, -0.25) is 4.98 Å². The Morgan fingerprint density at radius 2 is 1.90 bits per heavy atom. The highest BCUT2D eigenvalue weighted by Gasteiger charge is 2.31. The second kappa shape index (κ2) is 5.70. The van der Waals surface area contributed by atoms with Crippen LogP contribution in [0.5, 0.6) is 5.75 Å². The van der Waals surface area contributed by atoms with Gasteiger partial charge in [0.2, 0.25) is 0 Å². The highest BCUT2D eigenvalue weighted by Crippen LogP contribution is 2.28. The predicted octanol–water partition coefficient (Wildman–Crippen LogP) is 2.74. The molecule has 0 spiro atoms. The van der Waals surface area contributed by atoms with E-state index in [2.05, 4.69) is 14.9 Å². The molecule has 110 valence electrons. The van der Waals surface area contributed by atoms with Crippen LogP contribution in [0.4, 0.5) is 13.2 Å². The fourth-order valence-corrected chi connectivity index (χ4v) is 1.67. The van der Waals surface area contributed by atoms with Crippen molar-refractivity contribution in [3.05, 3.63) is 48.3 Å². The Morgan fingerprint density at radius 3 is 2.57 bits per heavy atom. The Hall–Kier alpha value is -2.77. The summed E-state index contributed by atoms with van der Waals surface area (Å²) in [4.78, 5) is 3.89. The van der Waals surface area contributed by atoms with Crippen LogP contribution in [-0.4, -0.2) is 22.4 Å². The van der Waals surface area contributed by atoms with E-state index in [1.54, 1.807) is 12.1 Å². The number of nitrogens with two attached hydrogens (primary N) is 1. The fraction of sp³-hybridized carbons (Fsp3) is 0.0769. The first-order valence-corrected chi connectivity index (χ1v) is 5.69. The fourth-order valence-electron chi connectivity index (χ4n) is 1.67. The number of nitrogens with zero attached hydrogens (tertiary/aromatic N) is 2. The van der Waals surface area contributed by atoms with E-state index in [1.165, 1.54) is 30.5 Å². The van der Waals surface area contributed by atoms with Crippen molar-refractivity contribution in [2.45, 2.75) is 6.36 Å². The summed E-state index contributed by atoms with van der Waals surface area (Å²) < 4.78 is 40.5. The lowest BCUT2D eigenvalue weighted by Crippen LogP contribution is -2.17. The summed E-state index contributed by atoms with van der Waals surface area (Å²) in [6.45, 7) is 0. The van der Waals surface area contributed by atoms with Crippen molar-refractivity contribution in [2.24, 2.45) is 10.9 Å². The van der Waals surface area contributed by atoms with Gasteiger partial charge >= 0.3 is 6.36 Å². The van der Waals surface area contributed by atoms with Gasteiger partial charge in [0.15, 0.2) is 5.84 Å². The van der Waals surface area contributed by atoms with E-state index in [1.807, 2.05) is 0 Å². The van der Waals surface area contributed by atoms with Crippen LogP contribution in [0.15, 0.2) is 47.8 Å². The van der Waals surface area contributed by atoms with Crippen LogP contribution in [0.1, 0.15) is 5.69 Å². The quantitative estimate of drug-likeness (QED) is 0.395. The number of aromatic nitrogens is 1. The van der Waals surface area contributed by atoms with Crippen LogP contribution >= 0.6 is 0 Å². The van der Waals surface area contributed by atoms with E-state index in [9.17, 15) is 13.2 Å². The second-order valence-electron chi connectivity index (χ2n) is 3.99. The third-order valence-electron chi connectivity index (χ3n) is 2.53. The van der Waals surface area contributed by atoms with Crippen molar-refractivity contribution < 1.29 is 23.1 Å². The Labute approximate surface area is 117 Å². The molecule has 0 radical (unpaired) electrons. The smallest absolute Gasteiger partial charge is 0.409 e. The molecule has 5 nitrogen and oxygen atoms in total. The van der Waals surface area contributed by atoms with Gasteiger partial charge in [-0.25, -0.2) is 0 Å². The maximum atomic E-state index is 12.2. The Morgan fingerprint density at radius 1 is 1.19 bits per heavy atom. The average molecular weight is 297 g/mol. The molecule has 2 aromatic rings. The molecule has 0 amide bonds. The molecule has 1 heterocycles. The summed E-state index contributed by atoms with van der Waals surface area (Å²) in [5, 5.41) is 11.4. The lowest BCUT2D eigenvalue weighted by Gasteiger charge is -2.10. The number of ether oxygens (including phenoxy) is 1.